The minimum atomic E-state index is -0.454. The van der Waals surface area contributed by atoms with Gasteiger partial charge in [-0.2, -0.15) is 5.26 Å². The normalized spacial score (nSPS) is 11.1. The lowest BCUT2D eigenvalue weighted by Crippen LogP contribution is -1.88. The molecule has 0 saturated carbocycles. The van der Waals surface area contributed by atoms with Gasteiger partial charge in [-0.15, -0.1) is 11.3 Å². The quantitative estimate of drug-likeness (QED) is 0.374. The van der Waals surface area contributed by atoms with E-state index in [1.165, 1.54) is 23.5 Å². The number of allylic oxidation sites excluding steroid dienone is 1. The average molecular weight is 347 g/mol. The van der Waals surface area contributed by atoms with Crippen LogP contribution in [0.4, 0.5) is 5.69 Å². The van der Waals surface area contributed by atoms with Crippen LogP contribution in [0.2, 0.25) is 0 Å². The third-order valence-corrected chi connectivity index (χ3v) is 4.59. The molecule has 3 rings (SSSR count). The number of aromatic nitrogens is 1. The Morgan fingerprint density at radius 1 is 1.24 bits per heavy atom. The van der Waals surface area contributed by atoms with Gasteiger partial charge in [0.25, 0.3) is 5.69 Å². The summed E-state index contributed by atoms with van der Waals surface area (Å²) in [6, 6.07) is 18.1. The summed E-state index contributed by atoms with van der Waals surface area (Å²) in [5, 5.41) is 21.0. The second-order valence-corrected chi connectivity index (χ2v) is 6.51. The molecule has 6 heteroatoms. The first-order chi connectivity index (χ1) is 12.1. The maximum Gasteiger partial charge on any atom is 0.270 e. The molecule has 0 radical (unpaired) electrons. The highest BCUT2D eigenvalue weighted by Gasteiger charge is 2.13. The number of nitro benzene ring substituents is 1. The summed E-state index contributed by atoms with van der Waals surface area (Å²) in [4.78, 5) is 16.1. The van der Waals surface area contributed by atoms with Crippen molar-refractivity contribution < 1.29 is 4.92 Å². The van der Waals surface area contributed by atoms with Crippen LogP contribution in [0, 0.1) is 28.4 Å². The van der Waals surface area contributed by atoms with E-state index in [-0.39, 0.29) is 5.69 Å². The Morgan fingerprint density at radius 3 is 2.68 bits per heavy atom. The molecule has 0 aliphatic rings. The first-order valence-electron chi connectivity index (χ1n) is 7.48. The molecule has 0 atom stereocenters. The van der Waals surface area contributed by atoms with Crippen LogP contribution < -0.4 is 0 Å². The molecule has 3 aromatic rings. The number of nitro groups is 1. The zero-order chi connectivity index (χ0) is 17.8. The van der Waals surface area contributed by atoms with Gasteiger partial charge in [-0.25, -0.2) is 4.98 Å². The number of nitriles is 1. The molecule has 122 valence electrons. The van der Waals surface area contributed by atoms with Gasteiger partial charge in [-0.05, 0) is 18.6 Å². The van der Waals surface area contributed by atoms with Crippen LogP contribution in [0.1, 0.15) is 15.4 Å². The van der Waals surface area contributed by atoms with Crippen molar-refractivity contribution in [2.45, 2.75) is 6.92 Å². The summed E-state index contributed by atoms with van der Waals surface area (Å²) in [6.07, 6.45) is 1.63. The third kappa shape index (κ3) is 3.62. The minimum absolute atomic E-state index is 0.00802. The molecular weight excluding hydrogens is 334 g/mol. The lowest BCUT2D eigenvalue weighted by atomic mass is 10.1. The van der Waals surface area contributed by atoms with Crippen molar-refractivity contribution in [3.63, 3.8) is 0 Å². The number of rotatable bonds is 4. The summed E-state index contributed by atoms with van der Waals surface area (Å²) in [5.74, 6) is 0. The van der Waals surface area contributed by atoms with Gasteiger partial charge in [-0.1, -0.05) is 42.5 Å². The molecule has 0 aliphatic heterocycles. The van der Waals surface area contributed by atoms with Gasteiger partial charge >= 0.3 is 0 Å². The highest BCUT2D eigenvalue weighted by Crippen LogP contribution is 2.31. The molecule has 0 fully saturated rings. The minimum Gasteiger partial charge on any atom is -0.258 e. The van der Waals surface area contributed by atoms with Gasteiger partial charge in [0.2, 0.25) is 0 Å². The topological polar surface area (TPSA) is 79.8 Å². The molecule has 0 spiro atoms. The SMILES string of the molecule is Cc1sc(/C(C#N)=C\c2cccc([N+](=O)[O-])c2)nc1-c1ccccc1. The van der Waals surface area contributed by atoms with E-state index >= 15 is 0 Å². The van der Waals surface area contributed by atoms with Crippen molar-refractivity contribution >= 4 is 28.7 Å². The van der Waals surface area contributed by atoms with E-state index in [0.29, 0.717) is 16.1 Å². The number of nitrogens with zero attached hydrogens (tertiary/aromatic N) is 3. The lowest BCUT2D eigenvalue weighted by Gasteiger charge is -1.97. The van der Waals surface area contributed by atoms with Crippen LogP contribution in [0.3, 0.4) is 0 Å². The molecule has 1 aromatic heterocycles. The van der Waals surface area contributed by atoms with Crippen molar-refractivity contribution in [2.75, 3.05) is 0 Å². The molecular formula is C19H13N3O2S. The number of hydrogen-bond donors (Lipinski definition) is 0. The zero-order valence-corrected chi connectivity index (χ0v) is 14.2. The predicted molar refractivity (Wildman–Crippen MR) is 98.9 cm³/mol. The molecule has 0 N–H and O–H groups in total. The number of benzene rings is 2. The lowest BCUT2D eigenvalue weighted by molar-refractivity contribution is -0.384. The van der Waals surface area contributed by atoms with Crippen LogP contribution in [0.5, 0.6) is 0 Å². The van der Waals surface area contributed by atoms with E-state index in [0.717, 1.165) is 16.1 Å². The molecule has 0 amide bonds. The maximum absolute atomic E-state index is 10.9. The van der Waals surface area contributed by atoms with Crippen molar-refractivity contribution in [1.82, 2.24) is 4.98 Å². The van der Waals surface area contributed by atoms with Gasteiger partial charge in [-0.3, -0.25) is 10.1 Å². The first kappa shape index (κ1) is 16.6. The fourth-order valence-electron chi connectivity index (χ4n) is 2.41. The molecule has 25 heavy (non-hydrogen) atoms. The standard InChI is InChI=1S/C19H13N3O2S/c1-13-18(15-7-3-2-4-8-15)21-19(25-13)16(12-20)10-14-6-5-9-17(11-14)22(23)24/h2-11H,1H3/b16-10-. The van der Waals surface area contributed by atoms with Crippen molar-refractivity contribution in [1.29, 1.82) is 5.26 Å². The summed E-state index contributed by atoms with van der Waals surface area (Å²) >= 11 is 1.44. The second kappa shape index (κ2) is 7.07. The van der Waals surface area contributed by atoms with Crippen LogP contribution in [0.15, 0.2) is 54.6 Å². The Bertz CT molecular complexity index is 1000. The second-order valence-electron chi connectivity index (χ2n) is 5.31. The Kier molecular flexibility index (Phi) is 4.68. The van der Waals surface area contributed by atoms with Crippen molar-refractivity contribution in [2.24, 2.45) is 0 Å². The van der Waals surface area contributed by atoms with E-state index < -0.39 is 4.92 Å². The molecule has 0 aliphatic carbocycles. The number of hydrogen-bond acceptors (Lipinski definition) is 5. The number of non-ortho nitro benzene ring substituents is 1. The smallest absolute Gasteiger partial charge is 0.258 e. The highest BCUT2D eigenvalue weighted by atomic mass is 32.1. The molecule has 2 aromatic carbocycles. The van der Waals surface area contributed by atoms with Gasteiger partial charge < -0.3 is 0 Å². The summed E-state index contributed by atoms with van der Waals surface area (Å²) in [5.41, 5.74) is 2.82. The Balaban J connectivity index is 2.01. The van der Waals surface area contributed by atoms with E-state index in [1.807, 2.05) is 37.3 Å². The van der Waals surface area contributed by atoms with Gasteiger partial charge in [0, 0.05) is 22.6 Å². The number of thiazole rings is 1. The Morgan fingerprint density at radius 2 is 2.00 bits per heavy atom. The number of aryl methyl sites for hydroxylation is 1. The Hall–Kier alpha value is -3.30. The van der Waals surface area contributed by atoms with Gasteiger partial charge in [0.15, 0.2) is 0 Å². The molecule has 0 saturated heterocycles. The fraction of sp³-hybridized carbons (Fsp3) is 0.0526. The fourth-order valence-corrected chi connectivity index (χ4v) is 3.31. The first-order valence-corrected chi connectivity index (χ1v) is 8.29. The van der Waals surface area contributed by atoms with E-state index in [9.17, 15) is 15.4 Å². The summed E-state index contributed by atoms with van der Waals surface area (Å²) in [6.45, 7) is 1.96. The monoisotopic (exact) mass is 347 g/mol. The van der Waals surface area contributed by atoms with Gasteiger partial charge in [0.1, 0.15) is 11.1 Å². The largest absolute Gasteiger partial charge is 0.270 e. The molecule has 0 unspecified atom stereocenters. The van der Waals surface area contributed by atoms with Crippen molar-refractivity contribution in [3.8, 4) is 17.3 Å². The van der Waals surface area contributed by atoms with Gasteiger partial charge in [0.05, 0.1) is 16.2 Å². The zero-order valence-electron chi connectivity index (χ0n) is 13.3. The van der Waals surface area contributed by atoms with Crippen LogP contribution in [-0.2, 0) is 0 Å². The summed E-state index contributed by atoms with van der Waals surface area (Å²) in [7, 11) is 0. The summed E-state index contributed by atoms with van der Waals surface area (Å²) < 4.78 is 0. The predicted octanol–water partition coefficient (Wildman–Crippen LogP) is 5.09. The van der Waals surface area contributed by atoms with E-state index in [1.54, 1.807) is 18.2 Å². The van der Waals surface area contributed by atoms with Crippen LogP contribution in [-0.4, -0.2) is 9.91 Å². The van der Waals surface area contributed by atoms with Crippen LogP contribution >= 0.6 is 11.3 Å². The highest BCUT2D eigenvalue weighted by molar-refractivity contribution is 7.13. The molecule has 5 nitrogen and oxygen atoms in total. The molecule has 1 heterocycles. The van der Waals surface area contributed by atoms with Crippen LogP contribution in [0.25, 0.3) is 22.9 Å². The maximum atomic E-state index is 10.9. The average Bonchev–Trinajstić information content (AvgIpc) is 3.02. The van der Waals surface area contributed by atoms with E-state index in [4.69, 9.17) is 0 Å². The Labute approximate surface area is 148 Å². The van der Waals surface area contributed by atoms with E-state index in [2.05, 4.69) is 11.1 Å². The van der Waals surface area contributed by atoms with Crippen molar-refractivity contribution in [3.05, 3.63) is 80.2 Å². The third-order valence-electron chi connectivity index (χ3n) is 3.59. The molecule has 0 bridgehead atoms.